The lowest BCUT2D eigenvalue weighted by Gasteiger charge is -2.58. The zero-order valence-electron chi connectivity index (χ0n) is 17.9. The van der Waals surface area contributed by atoms with Gasteiger partial charge in [0.25, 0.3) is 0 Å². The predicted molar refractivity (Wildman–Crippen MR) is 123 cm³/mol. The molecule has 2 aliphatic rings. The van der Waals surface area contributed by atoms with Crippen LogP contribution in [0.5, 0.6) is 0 Å². The Morgan fingerprint density at radius 3 is 2.30 bits per heavy atom. The maximum atomic E-state index is 13.1. The first-order chi connectivity index (χ1) is 16.0. The van der Waals surface area contributed by atoms with Gasteiger partial charge in [0.2, 0.25) is 5.91 Å². The van der Waals surface area contributed by atoms with Crippen molar-refractivity contribution in [2.45, 2.75) is 18.0 Å². The summed E-state index contributed by atoms with van der Waals surface area (Å²) in [6, 6.07) is 22.8. The van der Waals surface area contributed by atoms with Gasteiger partial charge in [-0.1, -0.05) is 54.6 Å². The second kappa shape index (κ2) is 8.67. The number of rotatable bonds is 4. The number of aliphatic hydroxyl groups is 1. The summed E-state index contributed by atoms with van der Waals surface area (Å²) in [7, 11) is 0. The summed E-state index contributed by atoms with van der Waals surface area (Å²) in [5.41, 5.74) is 3.71. The molecule has 33 heavy (non-hydrogen) atoms. The molecule has 0 aromatic heterocycles. The lowest BCUT2D eigenvalue weighted by Crippen LogP contribution is -2.73. The molecule has 3 amide bonds. The first-order valence-corrected chi connectivity index (χ1v) is 10.9. The number of nitrogens with zero attached hydrogens (tertiary/aromatic N) is 2. The molecule has 2 saturated heterocycles. The quantitative estimate of drug-likeness (QED) is 0.643. The highest BCUT2D eigenvalue weighted by Crippen LogP contribution is 2.43. The molecule has 2 N–H and O–H groups in total. The van der Waals surface area contributed by atoms with E-state index in [1.165, 1.54) is 29.2 Å². The largest absolute Gasteiger partial charge is 0.394 e. The van der Waals surface area contributed by atoms with Crippen LogP contribution in [0.4, 0.5) is 14.9 Å². The molecule has 5 rings (SSSR count). The zero-order valence-corrected chi connectivity index (χ0v) is 17.9. The van der Waals surface area contributed by atoms with Crippen LogP contribution < -0.4 is 5.32 Å². The minimum absolute atomic E-state index is 0.0559. The van der Waals surface area contributed by atoms with Crippen molar-refractivity contribution in [2.75, 3.05) is 25.0 Å². The van der Waals surface area contributed by atoms with E-state index in [-0.39, 0.29) is 42.9 Å². The average molecular weight is 445 g/mol. The summed E-state index contributed by atoms with van der Waals surface area (Å²) in [5.74, 6) is -0.635. The van der Waals surface area contributed by atoms with Crippen molar-refractivity contribution in [2.24, 2.45) is 0 Å². The van der Waals surface area contributed by atoms with E-state index in [1.54, 1.807) is 4.90 Å². The fourth-order valence-electron chi connectivity index (χ4n) is 4.92. The normalized spacial score (nSPS) is 21.9. The van der Waals surface area contributed by atoms with Crippen molar-refractivity contribution in [1.29, 1.82) is 0 Å². The maximum absolute atomic E-state index is 13.1. The number of hydrogen-bond donors (Lipinski definition) is 2. The van der Waals surface area contributed by atoms with E-state index in [9.17, 15) is 19.1 Å². The maximum Gasteiger partial charge on any atom is 0.322 e. The summed E-state index contributed by atoms with van der Waals surface area (Å²) in [6.07, 6.45) is 0. The monoisotopic (exact) mass is 445 g/mol. The van der Waals surface area contributed by atoms with Crippen molar-refractivity contribution < 1.29 is 19.1 Å². The van der Waals surface area contributed by atoms with Crippen molar-refractivity contribution >= 4 is 17.6 Å². The van der Waals surface area contributed by atoms with E-state index < -0.39 is 6.03 Å². The van der Waals surface area contributed by atoms with Gasteiger partial charge >= 0.3 is 6.03 Å². The Bertz CT molecular complexity index is 1150. The highest BCUT2D eigenvalue weighted by atomic mass is 19.1. The molecule has 3 aromatic rings. The minimum atomic E-state index is -0.403. The molecule has 168 valence electrons. The molecule has 0 aliphatic carbocycles. The van der Waals surface area contributed by atoms with Gasteiger partial charge < -0.3 is 20.2 Å². The van der Waals surface area contributed by atoms with E-state index in [1.807, 2.05) is 54.6 Å². The lowest BCUT2D eigenvalue weighted by atomic mass is 9.73. The Labute approximate surface area is 191 Å². The smallest absolute Gasteiger partial charge is 0.322 e. The highest BCUT2D eigenvalue weighted by molar-refractivity contribution is 5.93. The minimum Gasteiger partial charge on any atom is -0.394 e. The van der Waals surface area contributed by atoms with E-state index in [0.717, 1.165) is 16.7 Å². The summed E-state index contributed by atoms with van der Waals surface area (Å²) < 4.78 is 13.1. The molecular weight excluding hydrogens is 421 g/mol. The van der Waals surface area contributed by atoms with Gasteiger partial charge in [0.1, 0.15) is 12.4 Å². The number of nitrogens with one attached hydrogen (secondary N) is 1. The van der Waals surface area contributed by atoms with Crippen molar-refractivity contribution in [1.82, 2.24) is 9.80 Å². The Hall–Kier alpha value is -3.71. The molecule has 0 radical (unpaired) electrons. The fraction of sp³-hybridized carbons (Fsp3) is 0.231. The number of carbonyl (C=O) groups excluding carboxylic acids is 2. The van der Waals surface area contributed by atoms with Crippen LogP contribution in [0.3, 0.4) is 0 Å². The van der Waals surface area contributed by atoms with Crippen LogP contribution in [0, 0.1) is 5.82 Å². The van der Waals surface area contributed by atoms with Crippen LogP contribution in [0.1, 0.15) is 11.5 Å². The first kappa shape index (κ1) is 21.2. The molecular formula is C26H24FN3O3. The molecule has 0 spiro atoms. The molecule has 0 unspecified atom stereocenters. The SMILES string of the molecule is O=C(Nc1ccc(F)cc1)N1CC(=O)N2[C@H](C1)[C@@H](c1ccc(-c3ccccc3)cc1)[C@@H]2CO. The van der Waals surface area contributed by atoms with E-state index in [2.05, 4.69) is 5.32 Å². The van der Waals surface area contributed by atoms with Crippen LogP contribution in [0.2, 0.25) is 0 Å². The van der Waals surface area contributed by atoms with Crippen molar-refractivity contribution in [3.8, 4) is 11.1 Å². The van der Waals surface area contributed by atoms with Crippen LogP contribution in [0.15, 0.2) is 78.9 Å². The van der Waals surface area contributed by atoms with Gasteiger partial charge in [-0.3, -0.25) is 4.79 Å². The fourth-order valence-corrected chi connectivity index (χ4v) is 4.92. The molecule has 6 nitrogen and oxygen atoms in total. The lowest BCUT2D eigenvalue weighted by molar-refractivity contribution is -0.159. The first-order valence-electron chi connectivity index (χ1n) is 10.9. The molecule has 3 aromatic carbocycles. The van der Waals surface area contributed by atoms with Crippen LogP contribution >= 0.6 is 0 Å². The highest BCUT2D eigenvalue weighted by Gasteiger charge is 2.54. The third-order valence-corrected chi connectivity index (χ3v) is 6.54. The van der Waals surface area contributed by atoms with Crippen LogP contribution in [0.25, 0.3) is 11.1 Å². The zero-order chi connectivity index (χ0) is 22.9. The van der Waals surface area contributed by atoms with Crippen molar-refractivity contribution in [3.05, 3.63) is 90.2 Å². The van der Waals surface area contributed by atoms with Gasteiger partial charge in [0.15, 0.2) is 0 Å². The number of hydrogen-bond acceptors (Lipinski definition) is 3. The Morgan fingerprint density at radius 1 is 0.970 bits per heavy atom. The topological polar surface area (TPSA) is 72.9 Å². The number of anilines is 1. The molecule has 2 aliphatic heterocycles. The number of carbonyl (C=O) groups is 2. The molecule has 2 fully saturated rings. The number of amides is 3. The number of fused-ring (bicyclic) bond motifs is 1. The number of benzene rings is 3. The summed E-state index contributed by atoms with van der Waals surface area (Å²) in [6.45, 7) is 0.176. The van der Waals surface area contributed by atoms with Gasteiger partial charge in [-0.15, -0.1) is 0 Å². The Kier molecular flexibility index (Phi) is 5.56. The second-order valence-corrected chi connectivity index (χ2v) is 8.45. The van der Waals surface area contributed by atoms with Crippen LogP contribution in [-0.4, -0.2) is 58.6 Å². The van der Waals surface area contributed by atoms with Crippen LogP contribution in [-0.2, 0) is 4.79 Å². The Balaban J connectivity index is 1.33. The number of aliphatic hydroxyl groups excluding tert-OH is 1. The number of halogens is 1. The molecule has 2 heterocycles. The van der Waals surface area contributed by atoms with Gasteiger partial charge in [-0.25, -0.2) is 9.18 Å². The van der Waals surface area contributed by atoms with Gasteiger partial charge in [-0.05, 0) is 41.0 Å². The van der Waals surface area contributed by atoms with E-state index >= 15 is 0 Å². The second-order valence-electron chi connectivity index (χ2n) is 8.45. The summed E-state index contributed by atoms with van der Waals surface area (Å²) >= 11 is 0. The molecule has 7 heteroatoms. The standard InChI is InChI=1S/C26H24FN3O3/c27-20-10-12-21(13-11-20)28-26(33)29-14-22-25(23(16-31)30(22)24(32)15-29)19-8-6-18(7-9-19)17-4-2-1-3-5-17/h1-13,22-23,25,31H,14-16H2,(H,28,33)/t22-,23+,25-/m1/s1. The van der Waals surface area contributed by atoms with Gasteiger partial charge in [-0.2, -0.15) is 0 Å². The average Bonchev–Trinajstić information content (AvgIpc) is 2.82. The van der Waals surface area contributed by atoms with Gasteiger partial charge in [0.05, 0.1) is 18.7 Å². The number of piperazine rings is 1. The predicted octanol–water partition coefficient (Wildman–Crippen LogP) is 3.70. The number of urea groups is 1. The summed E-state index contributed by atoms with van der Waals surface area (Å²) in [4.78, 5) is 28.8. The molecule has 3 atom stereocenters. The van der Waals surface area contributed by atoms with Gasteiger partial charge in [0, 0.05) is 18.2 Å². The van der Waals surface area contributed by atoms with Crippen molar-refractivity contribution in [3.63, 3.8) is 0 Å². The third-order valence-electron chi connectivity index (χ3n) is 6.54. The third kappa shape index (κ3) is 3.96. The van der Waals surface area contributed by atoms with E-state index in [4.69, 9.17) is 0 Å². The molecule has 0 bridgehead atoms. The molecule has 0 saturated carbocycles. The van der Waals surface area contributed by atoms with E-state index in [0.29, 0.717) is 12.2 Å². The summed E-state index contributed by atoms with van der Waals surface area (Å²) in [5, 5.41) is 12.7. The Morgan fingerprint density at radius 2 is 1.64 bits per heavy atom.